The number of nitrogens with one attached hydrogen (secondary N) is 2. The van der Waals surface area contributed by atoms with Crippen LogP contribution in [0.25, 0.3) is 0 Å². The minimum absolute atomic E-state index is 0.200. The van der Waals surface area contributed by atoms with E-state index in [0.29, 0.717) is 28.6 Å². The van der Waals surface area contributed by atoms with Crippen LogP contribution in [0.5, 0.6) is 5.75 Å². The number of ether oxygens (including phenoxy) is 1. The molecule has 8 heteroatoms. The Balaban J connectivity index is 1.67. The van der Waals surface area contributed by atoms with Gasteiger partial charge in [0, 0.05) is 11.4 Å². The number of carbonyl (C=O) groups is 2. The number of amides is 1. The Hall–Kier alpha value is -4.33. The van der Waals surface area contributed by atoms with Crippen LogP contribution in [0.3, 0.4) is 0 Å². The number of Topliss-reactive ketones (excluding diaryl/α,β-unsaturated/α-hetero) is 1. The second-order valence-corrected chi connectivity index (χ2v) is 6.73. The Bertz CT molecular complexity index is 1190. The number of aliphatic imine (C=N–C) groups is 1. The van der Waals surface area contributed by atoms with Gasteiger partial charge in [-0.1, -0.05) is 18.7 Å². The summed E-state index contributed by atoms with van der Waals surface area (Å²) in [6.45, 7) is 3.45. The van der Waals surface area contributed by atoms with Gasteiger partial charge in [0.1, 0.15) is 11.4 Å². The average Bonchev–Trinajstić information content (AvgIpc) is 2.79. The number of rotatable bonds is 6. The molecule has 0 aliphatic carbocycles. The van der Waals surface area contributed by atoms with E-state index in [1.165, 1.54) is 12.3 Å². The molecule has 1 amide bonds. The number of benzene rings is 2. The van der Waals surface area contributed by atoms with Gasteiger partial charge in [-0.25, -0.2) is 15.0 Å². The summed E-state index contributed by atoms with van der Waals surface area (Å²) in [6, 6.07) is 14.4. The molecule has 0 radical (unpaired) electrons. The highest BCUT2D eigenvalue weighted by Gasteiger charge is 2.29. The number of carbonyl (C=O) groups excluding carboxylic acids is 2. The predicted octanol–water partition coefficient (Wildman–Crippen LogP) is 3.77. The molecular weight excluding hydrogens is 394 g/mol. The van der Waals surface area contributed by atoms with Gasteiger partial charge in [-0.15, -0.1) is 0 Å². The third-order valence-corrected chi connectivity index (χ3v) is 4.71. The van der Waals surface area contributed by atoms with E-state index in [0.717, 1.165) is 11.4 Å². The fourth-order valence-electron chi connectivity index (χ4n) is 3.22. The first-order chi connectivity index (χ1) is 15.1. The first-order valence-electron chi connectivity index (χ1n) is 9.46. The quantitative estimate of drug-likeness (QED) is 0.596. The van der Waals surface area contributed by atoms with E-state index >= 15 is 0 Å². The molecule has 8 nitrogen and oxygen atoms in total. The molecule has 1 aromatic heterocycles. The summed E-state index contributed by atoms with van der Waals surface area (Å²) in [7, 11) is 1.60. The molecule has 31 heavy (non-hydrogen) atoms. The van der Waals surface area contributed by atoms with Gasteiger partial charge in [-0.05, 0) is 48.0 Å². The first kappa shape index (κ1) is 20.0. The number of hydrogen-bond donors (Lipinski definition) is 2. The monoisotopic (exact) mass is 413 g/mol. The van der Waals surface area contributed by atoms with Crippen LogP contribution in [0.1, 0.15) is 17.2 Å². The van der Waals surface area contributed by atoms with Gasteiger partial charge >= 0.3 is 0 Å². The number of ketones is 1. The maximum atomic E-state index is 12.7. The topological polar surface area (TPSA) is 106 Å². The Morgan fingerprint density at radius 3 is 2.71 bits per heavy atom. The summed E-state index contributed by atoms with van der Waals surface area (Å²) in [6.07, 6.45) is 4.04. The van der Waals surface area contributed by atoms with Crippen molar-refractivity contribution in [3.05, 3.63) is 78.6 Å². The highest BCUT2D eigenvalue weighted by atomic mass is 16.5. The maximum Gasteiger partial charge on any atom is 0.247 e. The Morgan fingerprint density at radius 1 is 1.16 bits per heavy atom. The number of aromatic nitrogens is 2. The molecule has 0 saturated heterocycles. The normalized spacial score (nSPS) is 14.5. The van der Waals surface area contributed by atoms with Crippen LogP contribution in [-0.2, 0) is 9.59 Å². The summed E-state index contributed by atoms with van der Waals surface area (Å²) in [5, 5.41) is 5.83. The van der Waals surface area contributed by atoms with E-state index in [4.69, 9.17) is 4.74 Å². The van der Waals surface area contributed by atoms with Crippen molar-refractivity contribution < 1.29 is 14.3 Å². The van der Waals surface area contributed by atoms with Crippen molar-refractivity contribution in [3.63, 3.8) is 0 Å². The first-order valence-corrected chi connectivity index (χ1v) is 9.46. The zero-order valence-electron chi connectivity index (χ0n) is 16.7. The Morgan fingerprint density at radius 2 is 1.97 bits per heavy atom. The van der Waals surface area contributed by atoms with Gasteiger partial charge < -0.3 is 15.4 Å². The molecule has 0 spiro atoms. The second-order valence-electron chi connectivity index (χ2n) is 6.73. The molecule has 2 aromatic carbocycles. The van der Waals surface area contributed by atoms with Gasteiger partial charge in [0.2, 0.25) is 11.9 Å². The molecule has 1 atom stereocenters. The lowest BCUT2D eigenvalue weighted by Crippen LogP contribution is -2.21. The maximum absolute atomic E-state index is 12.7. The minimum atomic E-state index is -0.660. The average molecular weight is 413 g/mol. The van der Waals surface area contributed by atoms with Crippen LogP contribution in [0.15, 0.2) is 72.4 Å². The smallest absolute Gasteiger partial charge is 0.247 e. The SMILES string of the molecule is C=CC(=O)Nc1cccc(C2C(=O)C=Nc3cnc(Nc4ccc(OC)cc4)nc32)c1. The van der Waals surface area contributed by atoms with Crippen molar-refractivity contribution in [1.29, 1.82) is 0 Å². The summed E-state index contributed by atoms with van der Waals surface area (Å²) in [4.78, 5) is 37.4. The highest BCUT2D eigenvalue weighted by molar-refractivity contribution is 6.32. The predicted molar refractivity (Wildman–Crippen MR) is 119 cm³/mol. The van der Waals surface area contributed by atoms with E-state index in [2.05, 4.69) is 32.2 Å². The largest absolute Gasteiger partial charge is 0.497 e. The molecule has 1 unspecified atom stereocenters. The van der Waals surface area contributed by atoms with Crippen molar-refractivity contribution in [1.82, 2.24) is 9.97 Å². The molecule has 1 aliphatic rings. The minimum Gasteiger partial charge on any atom is -0.497 e. The standard InChI is InChI=1S/C23H19N5O3/c1-3-20(30)26-16-6-4-5-14(11-16)21-19(29)13-24-18-12-25-23(28-22(18)21)27-15-7-9-17(31-2)10-8-15/h3-13,21H,1H2,2H3,(H,26,30)(H,25,27,28). The fraction of sp³-hybridized carbons (Fsp3) is 0.0870. The van der Waals surface area contributed by atoms with Crippen molar-refractivity contribution in [3.8, 4) is 5.75 Å². The van der Waals surface area contributed by atoms with E-state index in [9.17, 15) is 9.59 Å². The molecule has 0 fully saturated rings. The van der Waals surface area contributed by atoms with Crippen LogP contribution in [0.2, 0.25) is 0 Å². The third-order valence-electron chi connectivity index (χ3n) is 4.71. The zero-order chi connectivity index (χ0) is 21.8. The molecule has 0 bridgehead atoms. The number of anilines is 3. The summed E-state index contributed by atoms with van der Waals surface area (Å²) < 4.78 is 5.17. The zero-order valence-corrected chi connectivity index (χ0v) is 16.7. The molecule has 154 valence electrons. The van der Waals surface area contributed by atoms with Gasteiger partial charge in [-0.3, -0.25) is 9.59 Å². The van der Waals surface area contributed by atoms with Crippen LogP contribution in [0, 0.1) is 0 Å². The summed E-state index contributed by atoms with van der Waals surface area (Å²) in [5.74, 6) is -0.112. The van der Waals surface area contributed by atoms with Gasteiger partial charge in [0.25, 0.3) is 0 Å². The number of methoxy groups -OCH3 is 1. The van der Waals surface area contributed by atoms with Crippen molar-refractivity contribution in [2.45, 2.75) is 5.92 Å². The Kier molecular flexibility index (Phi) is 5.53. The van der Waals surface area contributed by atoms with E-state index in [-0.39, 0.29) is 11.7 Å². The third kappa shape index (κ3) is 4.32. The number of fused-ring (bicyclic) bond motifs is 1. The lowest BCUT2D eigenvalue weighted by atomic mass is 9.89. The van der Waals surface area contributed by atoms with E-state index in [1.54, 1.807) is 31.5 Å². The molecule has 4 rings (SSSR count). The molecule has 2 N–H and O–H groups in total. The lowest BCUT2D eigenvalue weighted by Gasteiger charge is -2.20. The van der Waals surface area contributed by atoms with Gasteiger partial charge in [-0.2, -0.15) is 0 Å². The molecule has 1 aliphatic heterocycles. The number of hydrogen-bond acceptors (Lipinski definition) is 7. The molecule has 2 heterocycles. The molecule has 0 saturated carbocycles. The fourth-order valence-corrected chi connectivity index (χ4v) is 3.22. The van der Waals surface area contributed by atoms with E-state index < -0.39 is 5.92 Å². The van der Waals surface area contributed by atoms with Gasteiger partial charge in [0.05, 0.1) is 31.1 Å². The highest BCUT2D eigenvalue weighted by Crippen LogP contribution is 2.35. The Labute approximate surface area is 178 Å². The van der Waals surface area contributed by atoms with Crippen molar-refractivity contribution >= 4 is 40.9 Å². The van der Waals surface area contributed by atoms with Crippen LogP contribution in [-0.4, -0.2) is 35.0 Å². The molecular formula is C23H19N5O3. The molecule has 3 aromatic rings. The lowest BCUT2D eigenvalue weighted by molar-refractivity contribution is -0.113. The van der Waals surface area contributed by atoms with E-state index in [1.807, 2.05) is 30.3 Å². The summed E-state index contributed by atoms with van der Waals surface area (Å²) >= 11 is 0. The van der Waals surface area contributed by atoms with Crippen molar-refractivity contribution in [2.24, 2.45) is 4.99 Å². The van der Waals surface area contributed by atoms with Crippen LogP contribution >= 0.6 is 0 Å². The van der Waals surface area contributed by atoms with Gasteiger partial charge in [0.15, 0.2) is 5.78 Å². The van der Waals surface area contributed by atoms with Crippen LogP contribution in [0.4, 0.5) is 23.0 Å². The summed E-state index contributed by atoms with van der Waals surface area (Å²) in [5.41, 5.74) is 3.03. The van der Waals surface area contributed by atoms with Crippen molar-refractivity contribution in [2.75, 3.05) is 17.7 Å². The second kappa shape index (κ2) is 8.58. The van der Waals surface area contributed by atoms with Crippen LogP contribution < -0.4 is 15.4 Å². The number of nitrogens with zero attached hydrogens (tertiary/aromatic N) is 3.